The molecule has 0 atom stereocenters. The molecule has 3 aromatic rings. The summed E-state index contributed by atoms with van der Waals surface area (Å²) in [5.41, 5.74) is 3.16. The summed E-state index contributed by atoms with van der Waals surface area (Å²) < 4.78 is 46.7. The van der Waals surface area contributed by atoms with Gasteiger partial charge in [0.2, 0.25) is 0 Å². The van der Waals surface area contributed by atoms with Gasteiger partial charge in [-0.2, -0.15) is 0 Å². The first kappa shape index (κ1) is 33.4. The molecule has 1 amide bonds. The van der Waals surface area contributed by atoms with Crippen LogP contribution in [0, 0.1) is 13.8 Å². The highest BCUT2D eigenvalue weighted by Gasteiger charge is 2.48. The van der Waals surface area contributed by atoms with E-state index in [1.54, 1.807) is 26.0 Å². The number of amidine groups is 1. The molecule has 2 aliphatic carbocycles. The Kier molecular flexibility index (Phi) is 9.87. The predicted octanol–water partition coefficient (Wildman–Crippen LogP) is 7.07. The molecule has 0 N–H and O–H groups in total. The Labute approximate surface area is 278 Å². The van der Waals surface area contributed by atoms with E-state index in [0.29, 0.717) is 30.0 Å². The molecular formula is C36H46N4O6S. The number of carbonyl (C=O) groups excluding carboxylic acids is 1. The molecule has 2 heterocycles. The van der Waals surface area contributed by atoms with E-state index in [0.717, 1.165) is 91.0 Å². The topological polar surface area (TPSA) is 115 Å². The number of aryl methyl sites for hydroxylation is 1. The number of amides is 1. The summed E-state index contributed by atoms with van der Waals surface area (Å²) in [6.45, 7) is 6.20. The molecule has 6 rings (SSSR count). The van der Waals surface area contributed by atoms with Crippen LogP contribution >= 0.6 is 0 Å². The highest BCUT2D eigenvalue weighted by molar-refractivity contribution is 7.93. The number of hydrogen-bond donors (Lipinski definition) is 0. The summed E-state index contributed by atoms with van der Waals surface area (Å²) in [7, 11) is -2.68. The number of nitrogens with zero attached hydrogens (tertiary/aromatic N) is 4. The Hall–Kier alpha value is -3.54. The zero-order valence-corrected chi connectivity index (χ0v) is 28.8. The lowest BCUT2D eigenvalue weighted by atomic mass is 9.82. The van der Waals surface area contributed by atoms with Gasteiger partial charge >= 0.3 is 0 Å². The summed E-state index contributed by atoms with van der Waals surface area (Å²) in [6, 6.07) is 13.0. The van der Waals surface area contributed by atoms with Crippen LogP contribution < -0.4 is 4.31 Å². The van der Waals surface area contributed by atoms with E-state index in [9.17, 15) is 13.2 Å². The molecule has 3 aliphatic rings. The maximum Gasteiger partial charge on any atom is 0.268 e. The van der Waals surface area contributed by atoms with Crippen molar-refractivity contribution in [2.75, 3.05) is 18.1 Å². The van der Waals surface area contributed by atoms with E-state index in [-0.39, 0.29) is 29.5 Å². The fraction of sp³-hybridized carbons (Fsp3) is 0.528. The van der Waals surface area contributed by atoms with Gasteiger partial charge in [0.1, 0.15) is 23.9 Å². The molecule has 0 bridgehead atoms. The maximum atomic E-state index is 14.3. The molecule has 2 fully saturated rings. The number of ether oxygens (including phenoxy) is 2. The summed E-state index contributed by atoms with van der Waals surface area (Å²) >= 11 is 0. The van der Waals surface area contributed by atoms with E-state index >= 15 is 0 Å². The number of benzene rings is 2. The molecule has 2 saturated carbocycles. The van der Waals surface area contributed by atoms with Crippen LogP contribution in [0.5, 0.6) is 0 Å². The highest BCUT2D eigenvalue weighted by atomic mass is 32.2. The van der Waals surface area contributed by atoms with Crippen molar-refractivity contribution in [3.05, 3.63) is 64.9 Å². The second-order valence-corrected chi connectivity index (χ2v) is 14.9. The van der Waals surface area contributed by atoms with Gasteiger partial charge in [0, 0.05) is 24.7 Å². The predicted molar refractivity (Wildman–Crippen MR) is 181 cm³/mol. The average Bonchev–Trinajstić information content (AvgIpc) is 3.82. The molecule has 0 saturated heterocycles. The lowest BCUT2D eigenvalue weighted by molar-refractivity contribution is -0.132. The first-order valence-electron chi connectivity index (χ1n) is 16.9. The van der Waals surface area contributed by atoms with Crippen molar-refractivity contribution in [2.24, 2.45) is 4.99 Å². The number of aromatic nitrogens is 1. The van der Waals surface area contributed by atoms with E-state index in [1.807, 2.05) is 29.2 Å². The van der Waals surface area contributed by atoms with Gasteiger partial charge in [-0.3, -0.25) is 14.7 Å². The first-order chi connectivity index (χ1) is 22.7. The molecular weight excluding hydrogens is 616 g/mol. The standard InChI is InChI=1S/C36H46N4O6S/c1-5-6-14-33-37-36(19-10-7-11-20-36)35(41)39(33)22-27-15-18-30(28(21-27)23-45-29-16-17-29)31-12-8-9-13-32(31)47(42,43)40(24-44-4)34-25(2)26(3)46-38-34/h8-9,12-13,15,18,21,29H,5-7,10-11,14,16-17,19-20,22-24H2,1-4H3. The third-order valence-corrected chi connectivity index (χ3v) is 11.4. The number of methoxy groups -OCH3 is 1. The Morgan fingerprint density at radius 3 is 2.51 bits per heavy atom. The Morgan fingerprint density at radius 2 is 1.83 bits per heavy atom. The van der Waals surface area contributed by atoms with Crippen LogP contribution in [-0.4, -0.2) is 55.7 Å². The normalized spacial score (nSPS) is 17.8. The number of carbonyl (C=O) groups is 1. The van der Waals surface area contributed by atoms with Gasteiger partial charge in [-0.25, -0.2) is 12.7 Å². The van der Waals surface area contributed by atoms with Gasteiger partial charge in [0.15, 0.2) is 5.82 Å². The van der Waals surface area contributed by atoms with Crippen molar-refractivity contribution >= 4 is 27.6 Å². The first-order valence-corrected chi connectivity index (χ1v) is 18.3. The molecule has 11 heteroatoms. The second kappa shape index (κ2) is 13.9. The molecule has 252 valence electrons. The fourth-order valence-corrected chi connectivity index (χ4v) is 8.25. The molecule has 47 heavy (non-hydrogen) atoms. The lowest BCUT2D eigenvalue weighted by Crippen LogP contribution is -2.43. The van der Waals surface area contributed by atoms with Crippen molar-refractivity contribution in [3.8, 4) is 11.1 Å². The van der Waals surface area contributed by atoms with Crippen molar-refractivity contribution < 1.29 is 27.2 Å². The average molecular weight is 663 g/mol. The maximum absolute atomic E-state index is 14.3. The zero-order valence-electron chi connectivity index (χ0n) is 28.0. The van der Waals surface area contributed by atoms with Crippen LogP contribution in [0.15, 0.2) is 56.9 Å². The SMILES string of the molecule is CCCCC1=NC2(CCCCC2)C(=O)N1Cc1ccc(-c2ccccc2S(=O)(=O)N(COC)c2noc(C)c2C)c(COC2CC2)c1. The number of sulfonamides is 1. The van der Waals surface area contributed by atoms with Gasteiger partial charge in [0.05, 0.1) is 24.2 Å². The van der Waals surface area contributed by atoms with Crippen molar-refractivity contribution in [2.45, 2.75) is 115 Å². The number of unbranched alkanes of at least 4 members (excludes halogenated alkanes) is 1. The quantitative estimate of drug-likeness (QED) is 0.170. The van der Waals surface area contributed by atoms with E-state index < -0.39 is 15.6 Å². The van der Waals surface area contributed by atoms with Crippen LogP contribution in [0.2, 0.25) is 0 Å². The summed E-state index contributed by atoms with van der Waals surface area (Å²) in [5, 5.41) is 4.05. The highest BCUT2D eigenvalue weighted by Crippen LogP contribution is 2.40. The van der Waals surface area contributed by atoms with Gasteiger partial charge in [-0.1, -0.05) is 74.2 Å². The lowest BCUT2D eigenvalue weighted by Gasteiger charge is -2.30. The van der Waals surface area contributed by atoms with Crippen LogP contribution in [0.4, 0.5) is 5.82 Å². The van der Waals surface area contributed by atoms with E-state index in [4.69, 9.17) is 19.0 Å². The van der Waals surface area contributed by atoms with Crippen LogP contribution in [0.3, 0.4) is 0 Å². The third-order valence-electron chi connectivity index (χ3n) is 9.60. The van der Waals surface area contributed by atoms with Gasteiger partial charge in [0.25, 0.3) is 15.9 Å². The van der Waals surface area contributed by atoms with Crippen LogP contribution in [0.25, 0.3) is 11.1 Å². The summed E-state index contributed by atoms with van der Waals surface area (Å²) in [6.07, 6.45) is 9.89. The summed E-state index contributed by atoms with van der Waals surface area (Å²) in [5.74, 6) is 1.75. The molecule has 1 spiro atoms. The minimum atomic E-state index is -4.13. The number of hydrogen-bond acceptors (Lipinski definition) is 8. The van der Waals surface area contributed by atoms with E-state index in [2.05, 4.69) is 18.1 Å². The van der Waals surface area contributed by atoms with Gasteiger partial charge < -0.3 is 14.0 Å². The van der Waals surface area contributed by atoms with Gasteiger partial charge in [-0.05, 0) is 68.7 Å². The van der Waals surface area contributed by atoms with Crippen molar-refractivity contribution in [3.63, 3.8) is 0 Å². The van der Waals surface area contributed by atoms with Crippen molar-refractivity contribution in [1.29, 1.82) is 0 Å². The van der Waals surface area contributed by atoms with Crippen molar-refractivity contribution in [1.82, 2.24) is 10.1 Å². The largest absolute Gasteiger partial charge is 0.374 e. The molecule has 1 aromatic heterocycles. The second-order valence-electron chi connectivity index (χ2n) is 13.1. The molecule has 0 radical (unpaired) electrons. The third kappa shape index (κ3) is 6.75. The Balaban J connectivity index is 1.37. The number of rotatable bonds is 14. The Bertz CT molecular complexity index is 1740. The number of aliphatic imine (C=N–C) groups is 1. The number of anilines is 1. The fourth-order valence-electron chi connectivity index (χ4n) is 6.66. The molecule has 1 aliphatic heterocycles. The van der Waals surface area contributed by atoms with E-state index in [1.165, 1.54) is 7.11 Å². The minimum Gasteiger partial charge on any atom is -0.374 e. The van der Waals surface area contributed by atoms with Crippen LogP contribution in [-0.2, 0) is 37.4 Å². The Morgan fingerprint density at radius 1 is 1.06 bits per heavy atom. The minimum absolute atomic E-state index is 0.121. The smallest absolute Gasteiger partial charge is 0.268 e. The van der Waals surface area contributed by atoms with Gasteiger partial charge in [-0.15, -0.1) is 0 Å². The monoisotopic (exact) mass is 662 g/mol. The molecule has 2 aromatic carbocycles. The van der Waals surface area contributed by atoms with Crippen LogP contribution in [0.1, 0.15) is 93.6 Å². The molecule has 10 nitrogen and oxygen atoms in total. The zero-order chi connectivity index (χ0) is 33.2. The molecule has 0 unspecified atom stereocenters. The summed E-state index contributed by atoms with van der Waals surface area (Å²) in [4.78, 5) is 21.1.